The number of ether oxygens (including phenoxy) is 1. The normalized spacial score (nSPS) is 13.4. The van der Waals surface area contributed by atoms with Crippen molar-refractivity contribution in [2.75, 3.05) is 5.32 Å². The number of carboxylic acid groups (broad SMARTS) is 1. The molecule has 1 N–H and O–H groups in total. The van der Waals surface area contributed by atoms with Crippen LogP contribution in [0.1, 0.15) is 24.0 Å². The third-order valence-electron chi connectivity index (χ3n) is 6.07. The van der Waals surface area contributed by atoms with Gasteiger partial charge in [0.15, 0.2) is 6.39 Å². The predicted molar refractivity (Wildman–Crippen MR) is 124 cm³/mol. The zero-order valence-electron chi connectivity index (χ0n) is 19.2. The number of nitrogens with zero attached hydrogens (tertiary/aromatic N) is 1. The SMILES string of the molecule is O=C(Nc1ocnc1-c1ccc(-c2ccc(C3(C(=O)[O-])CC3)cc2)cc1)OCc1ccccc1.[Na+]. The van der Waals surface area contributed by atoms with E-state index >= 15 is 0 Å². The number of benzene rings is 3. The Morgan fingerprint density at radius 1 is 0.914 bits per heavy atom. The van der Waals surface area contributed by atoms with Crippen LogP contribution < -0.4 is 40.0 Å². The molecular formula is C27H21N2NaO5. The summed E-state index contributed by atoms with van der Waals surface area (Å²) in [6.45, 7) is 0.147. The first-order valence-corrected chi connectivity index (χ1v) is 10.9. The second kappa shape index (κ2) is 10.5. The first-order valence-electron chi connectivity index (χ1n) is 10.9. The summed E-state index contributed by atoms with van der Waals surface area (Å²) in [5.41, 5.74) is 4.03. The Morgan fingerprint density at radius 3 is 2.11 bits per heavy atom. The van der Waals surface area contributed by atoms with Crippen molar-refractivity contribution in [1.29, 1.82) is 0 Å². The summed E-state index contributed by atoms with van der Waals surface area (Å²) in [6.07, 6.45) is 1.87. The monoisotopic (exact) mass is 476 g/mol. The number of hydrogen-bond donors (Lipinski definition) is 1. The Kier molecular flexibility index (Phi) is 7.40. The molecule has 0 spiro atoms. The third kappa shape index (κ3) is 5.32. The number of carbonyl (C=O) groups is 2. The first-order chi connectivity index (χ1) is 16.5. The molecule has 1 fully saturated rings. The van der Waals surface area contributed by atoms with Gasteiger partial charge in [0.25, 0.3) is 0 Å². The molecule has 1 heterocycles. The zero-order chi connectivity index (χ0) is 23.5. The van der Waals surface area contributed by atoms with Crippen LogP contribution in [-0.2, 0) is 21.6 Å². The largest absolute Gasteiger partial charge is 1.00 e. The fourth-order valence-corrected chi connectivity index (χ4v) is 3.93. The summed E-state index contributed by atoms with van der Waals surface area (Å²) in [5, 5.41) is 14.0. The van der Waals surface area contributed by atoms with E-state index in [-0.39, 0.29) is 42.0 Å². The van der Waals surface area contributed by atoms with Crippen LogP contribution in [0.5, 0.6) is 0 Å². The van der Waals surface area contributed by atoms with Gasteiger partial charge in [0.1, 0.15) is 12.3 Å². The molecule has 4 aromatic rings. The van der Waals surface area contributed by atoms with E-state index in [9.17, 15) is 14.7 Å². The van der Waals surface area contributed by atoms with Crippen LogP contribution in [0.15, 0.2) is 89.7 Å². The van der Waals surface area contributed by atoms with Gasteiger partial charge in [0.05, 0.1) is 5.97 Å². The van der Waals surface area contributed by atoms with Gasteiger partial charge in [-0.3, -0.25) is 5.32 Å². The van der Waals surface area contributed by atoms with E-state index in [1.807, 2.05) is 78.9 Å². The molecule has 1 amide bonds. The van der Waals surface area contributed by atoms with Gasteiger partial charge in [-0.2, -0.15) is 0 Å². The van der Waals surface area contributed by atoms with E-state index in [1.165, 1.54) is 6.39 Å². The molecule has 7 nitrogen and oxygen atoms in total. The molecule has 5 rings (SSSR count). The molecule has 0 atom stereocenters. The molecule has 1 saturated carbocycles. The number of carbonyl (C=O) groups excluding carboxylic acids is 2. The zero-order valence-corrected chi connectivity index (χ0v) is 21.2. The Balaban J connectivity index is 0.00000289. The molecule has 0 radical (unpaired) electrons. The van der Waals surface area contributed by atoms with Crippen LogP contribution >= 0.6 is 0 Å². The smallest absolute Gasteiger partial charge is 0.549 e. The molecule has 0 bridgehead atoms. The fraction of sp³-hybridized carbons (Fsp3) is 0.148. The van der Waals surface area contributed by atoms with E-state index in [2.05, 4.69) is 10.3 Å². The molecule has 1 aliphatic rings. The van der Waals surface area contributed by atoms with Crippen LogP contribution in [0.4, 0.5) is 10.7 Å². The van der Waals surface area contributed by atoms with Gasteiger partial charge in [-0.1, -0.05) is 78.9 Å². The van der Waals surface area contributed by atoms with Gasteiger partial charge in [-0.15, -0.1) is 0 Å². The number of carboxylic acids is 1. The van der Waals surface area contributed by atoms with Crippen molar-refractivity contribution in [3.05, 3.63) is 96.4 Å². The maximum Gasteiger partial charge on any atom is 1.00 e. The van der Waals surface area contributed by atoms with Gasteiger partial charge >= 0.3 is 35.7 Å². The van der Waals surface area contributed by atoms with Crippen LogP contribution in [0, 0.1) is 0 Å². The number of oxazole rings is 1. The van der Waals surface area contributed by atoms with E-state index in [4.69, 9.17) is 9.15 Å². The van der Waals surface area contributed by atoms with Crippen LogP contribution in [-0.4, -0.2) is 17.0 Å². The number of aliphatic carboxylic acids is 1. The van der Waals surface area contributed by atoms with Gasteiger partial charge in [-0.05, 0) is 35.1 Å². The summed E-state index contributed by atoms with van der Waals surface area (Å²) in [4.78, 5) is 27.8. The van der Waals surface area contributed by atoms with E-state index in [0.717, 1.165) is 27.8 Å². The quantitative estimate of drug-likeness (QED) is 0.406. The van der Waals surface area contributed by atoms with Crippen molar-refractivity contribution >= 4 is 17.9 Å². The summed E-state index contributed by atoms with van der Waals surface area (Å²) in [7, 11) is 0. The number of nitrogens with one attached hydrogen (secondary N) is 1. The molecule has 35 heavy (non-hydrogen) atoms. The van der Waals surface area contributed by atoms with Crippen molar-refractivity contribution < 1.29 is 53.4 Å². The molecule has 170 valence electrons. The summed E-state index contributed by atoms with van der Waals surface area (Å²) in [6, 6.07) is 24.6. The molecule has 0 saturated heterocycles. The summed E-state index contributed by atoms with van der Waals surface area (Å²) >= 11 is 0. The van der Waals surface area contributed by atoms with Gasteiger partial charge in [0, 0.05) is 11.0 Å². The fourth-order valence-electron chi connectivity index (χ4n) is 3.93. The molecule has 0 unspecified atom stereocenters. The molecular weight excluding hydrogens is 455 g/mol. The van der Waals surface area contributed by atoms with Gasteiger partial charge in [0.2, 0.25) is 5.88 Å². The minimum atomic E-state index is -1.01. The average molecular weight is 476 g/mol. The number of aromatic nitrogens is 1. The number of rotatable bonds is 7. The predicted octanol–water partition coefficient (Wildman–Crippen LogP) is 1.54. The van der Waals surface area contributed by atoms with Crippen molar-refractivity contribution in [3.63, 3.8) is 0 Å². The number of hydrogen-bond acceptors (Lipinski definition) is 6. The minimum absolute atomic E-state index is 0. The maximum atomic E-state index is 12.2. The Hall–Kier alpha value is -3.39. The topological polar surface area (TPSA) is 104 Å². The number of anilines is 1. The van der Waals surface area contributed by atoms with Gasteiger partial charge < -0.3 is 19.1 Å². The van der Waals surface area contributed by atoms with E-state index in [0.29, 0.717) is 18.5 Å². The van der Waals surface area contributed by atoms with Crippen LogP contribution in [0.3, 0.4) is 0 Å². The molecule has 0 aliphatic heterocycles. The average Bonchev–Trinajstić information content (AvgIpc) is 3.57. The maximum absolute atomic E-state index is 12.2. The van der Waals surface area contributed by atoms with Crippen molar-refractivity contribution in [2.45, 2.75) is 24.9 Å². The van der Waals surface area contributed by atoms with E-state index < -0.39 is 17.5 Å². The summed E-state index contributed by atoms with van der Waals surface area (Å²) in [5.74, 6) is -0.808. The molecule has 1 aromatic heterocycles. The van der Waals surface area contributed by atoms with Crippen molar-refractivity contribution in [1.82, 2.24) is 4.98 Å². The number of amides is 1. The van der Waals surface area contributed by atoms with Gasteiger partial charge in [-0.25, -0.2) is 9.78 Å². The second-order valence-electron chi connectivity index (χ2n) is 8.24. The van der Waals surface area contributed by atoms with Crippen molar-refractivity contribution in [2.24, 2.45) is 0 Å². The van der Waals surface area contributed by atoms with Crippen LogP contribution in [0.25, 0.3) is 22.4 Å². The van der Waals surface area contributed by atoms with Crippen molar-refractivity contribution in [3.8, 4) is 22.4 Å². The Morgan fingerprint density at radius 2 is 1.51 bits per heavy atom. The second-order valence-corrected chi connectivity index (χ2v) is 8.24. The third-order valence-corrected chi connectivity index (χ3v) is 6.07. The van der Waals surface area contributed by atoms with Crippen LogP contribution in [0.2, 0.25) is 0 Å². The van der Waals surface area contributed by atoms with E-state index in [1.54, 1.807) is 0 Å². The standard InChI is InChI=1S/C27H22N2O5.Na/c30-25(31)27(14-15-27)22-12-10-20(11-13-22)19-6-8-21(9-7-19)23-24(34-17-28-23)29-26(32)33-16-18-4-2-1-3-5-18;/h1-13,17H,14-16H2,(H,29,32)(H,30,31);/q;+1/p-1. The summed E-state index contributed by atoms with van der Waals surface area (Å²) < 4.78 is 10.6. The molecule has 8 heteroatoms. The Labute approximate surface area is 224 Å². The minimum Gasteiger partial charge on any atom is -0.549 e. The molecule has 1 aliphatic carbocycles. The molecule has 3 aromatic carbocycles. The Bertz CT molecular complexity index is 1310. The first kappa shape index (κ1) is 24.7.